The maximum Gasteiger partial charge on any atom is 0.134 e. The number of aryl methyl sites for hydroxylation is 1. The Bertz CT molecular complexity index is 513. The van der Waals surface area contributed by atoms with Crippen LogP contribution in [0.4, 0.5) is 5.69 Å². The number of nitrogen functional groups attached to an aromatic ring is 1. The Kier molecular flexibility index (Phi) is 3.53. The zero-order valence-electron chi connectivity index (χ0n) is 9.64. The molecule has 0 radical (unpaired) electrons. The molecule has 17 heavy (non-hydrogen) atoms. The van der Waals surface area contributed by atoms with Gasteiger partial charge in [-0.25, -0.2) is 4.63 Å². The van der Waals surface area contributed by atoms with E-state index >= 15 is 0 Å². The van der Waals surface area contributed by atoms with Crippen molar-refractivity contribution < 1.29 is 9.37 Å². The Labute approximate surface area is 103 Å². The number of ether oxygens (including phenoxy) is 1. The molecule has 2 aromatic rings. The van der Waals surface area contributed by atoms with E-state index in [1.807, 2.05) is 19.1 Å². The second-order valence-corrected chi connectivity index (χ2v) is 4.51. The number of thioether (sulfide) groups is 1. The Morgan fingerprint density at radius 2 is 2.24 bits per heavy atom. The molecule has 0 saturated heterocycles. The van der Waals surface area contributed by atoms with Crippen LogP contribution in [0.2, 0.25) is 0 Å². The summed E-state index contributed by atoms with van der Waals surface area (Å²) in [6.07, 6.45) is 0. The van der Waals surface area contributed by atoms with Gasteiger partial charge in [0.1, 0.15) is 17.1 Å². The first kappa shape index (κ1) is 11.8. The first-order valence-electron chi connectivity index (χ1n) is 5.05. The molecule has 1 aromatic carbocycles. The van der Waals surface area contributed by atoms with Gasteiger partial charge in [0, 0.05) is 22.4 Å². The van der Waals surface area contributed by atoms with Crippen molar-refractivity contribution in [1.82, 2.24) is 10.3 Å². The number of hydrogen-bond donors (Lipinski definition) is 1. The lowest BCUT2D eigenvalue weighted by Gasteiger charge is -2.07. The van der Waals surface area contributed by atoms with Crippen LogP contribution in [0.5, 0.6) is 5.75 Å². The second kappa shape index (κ2) is 5.09. The zero-order chi connectivity index (χ0) is 12.3. The van der Waals surface area contributed by atoms with Gasteiger partial charge in [0.2, 0.25) is 0 Å². The van der Waals surface area contributed by atoms with Gasteiger partial charge in [-0.1, -0.05) is 10.3 Å². The van der Waals surface area contributed by atoms with Crippen molar-refractivity contribution >= 4 is 17.4 Å². The molecule has 1 heterocycles. The third kappa shape index (κ3) is 2.71. The van der Waals surface area contributed by atoms with Crippen molar-refractivity contribution in [3.63, 3.8) is 0 Å². The molecular formula is C11H13N3O2S. The summed E-state index contributed by atoms with van der Waals surface area (Å²) in [5, 5.41) is 7.57. The third-order valence-corrected chi connectivity index (χ3v) is 3.36. The highest BCUT2D eigenvalue weighted by atomic mass is 32.2. The Balaban J connectivity index is 2.11. The van der Waals surface area contributed by atoms with E-state index in [0.717, 1.165) is 22.0 Å². The molecule has 5 nitrogen and oxygen atoms in total. The first-order chi connectivity index (χ1) is 8.20. The second-order valence-electron chi connectivity index (χ2n) is 3.50. The van der Waals surface area contributed by atoms with Crippen LogP contribution in [0.3, 0.4) is 0 Å². The number of benzene rings is 1. The van der Waals surface area contributed by atoms with Gasteiger partial charge < -0.3 is 10.5 Å². The fourth-order valence-electron chi connectivity index (χ4n) is 1.33. The van der Waals surface area contributed by atoms with Gasteiger partial charge in [-0.15, -0.1) is 11.8 Å². The van der Waals surface area contributed by atoms with Crippen LogP contribution >= 0.6 is 11.8 Å². The molecule has 0 aliphatic carbocycles. The monoisotopic (exact) mass is 251 g/mol. The van der Waals surface area contributed by atoms with E-state index in [4.69, 9.17) is 10.5 Å². The van der Waals surface area contributed by atoms with Crippen molar-refractivity contribution in [3.05, 3.63) is 29.6 Å². The van der Waals surface area contributed by atoms with Gasteiger partial charge in [0.05, 0.1) is 7.11 Å². The predicted molar refractivity (Wildman–Crippen MR) is 66.0 cm³/mol. The van der Waals surface area contributed by atoms with Crippen LogP contribution in [0.25, 0.3) is 0 Å². The van der Waals surface area contributed by atoms with Crippen molar-refractivity contribution in [2.24, 2.45) is 0 Å². The van der Waals surface area contributed by atoms with Crippen LogP contribution in [0.1, 0.15) is 11.4 Å². The Morgan fingerprint density at radius 1 is 1.41 bits per heavy atom. The lowest BCUT2D eigenvalue weighted by molar-refractivity contribution is 0.302. The molecule has 90 valence electrons. The highest BCUT2D eigenvalue weighted by molar-refractivity contribution is 7.98. The SMILES string of the molecule is COc1cc(N)ccc1SCc1nonc1C. The van der Waals surface area contributed by atoms with E-state index in [9.17, 15) is 0 Å². The van der Waals surface area contributed by atoms with E-state index in [0.29, 0.717) is 11.4 Å². The van der Waals surface area contributed by atoms with Crippen LogP contribution in [0.15, 0.2) is 27.7 Å². The third-order valence-electron chi connectivity index (χ3n) is 2.30. The molecule has 2 N–H and O–H groups in total. The normalized spacial score (nSPS) is 10.5. The number of nitrogens with two attached hydrogens (primary N) is 1. The van der Waals surface area contributed by atoms with Crippen LogP contribution in [-0.4, -0.2) is 17.4 Å². The van der Waals surface area contributed by atoms with Crippen LogP contribution in [-0.2, 0) is 5.75 Å². The first-order valence-corrected chi connectivity index (χ1v) is 6.03. The van der Waals surface area contributed by atoms with Crippen molar-refractivity contribution in [2.75, 3.05) is 12.8 Å². The number of aromatic nitrogens is 2. The average molecular weight is 251 g/mol. The molecule has 0 atom stereocenters. The van der Waals surface area contributed by atoms with Gasteiger partial charge in [0.15, 0.2) is 0 Å². The summed E-state index contributed by atoms with van der Waals surface area (Å²) in [6.45, 7) is 1.87. The molecule has 0 amide bonds. The van der Waals surface area contributed by atoms with E-state index < -0.39 is 0 Å². The molecule has 0 aliphatic rings. The van der Waals surface area contributed by atoms with Gasteiger partial charge >= 0.3 is 0 Å². The fourth-order valence-corrected chi connectivity index (χ4v) is 2.33. The lowest BCUT2D eigenvalue weighted by atomic mass is 10.3. The summed E-state index contributed by atoms with van der Waals surface area (Å²) in [7, 11) is 1.63. The summed E-state index contributed by atoms with van der Waals surface area (Å²) in [5.74, 6) is 1.46. The predicted octanol–water partition coefficient (Wildman–Crippen LogP) is 2.26. The minimum Gasteiger partial charge on any atom is -0.496 e. The summed E-state index contributed by atoms with van der Waals surface area (Å²) >= 11 is 1.61. The smallest absolute Gasteiger partial charge is 0.134 e. The van der Waals surface area contributed by atoms with Gasteiger partial charge in [-0.05, 0) is 19.1 Å². The van der Waals surface area contributed by atoms with Crippen molar-refractivity contribution in [1.29, 1.82) is 0 Å². The lowest BCUT2D eigenvalue weighted by Crippen LogP contribution is -1.91. The molecular weight excluding hydrogens is 238 g/mol. The zero-order valence-corrected chi connectivity index (χ0v) is 10.5. The van der Waals surface area contributed by atoms with Crippen LogP contribution < -0.4 is 10.5 Å². The summed E-state index contributed by atoms with van der Waals surface area (Å²) < 4.78 is 9.91. The minimum atomic E-state index is 0.686. The molecule has 1 aromatic heterocycles. The van der Waals surface area contributed by atoms with E-state index in [1.54, 1.807) is 24.9 Å². The number of anilines is 1. The minimum absolute atomic E-state index is 0.686. The summed E-state index contributed by atoms with van der Waals surface area (Å²) in [5.41, 5.74) is 8.03. The topological polar surface area (TPSA) is 74.2 Å². The quantitative estimate of drug-likeness (QED) is 0.663. The maximum absolute atomic E-state index is 5.69. The summed E-state index contributed by atoms with van der Waals surface area (Å²) in [6, 6.07) is 5.58. The maximum atomic E-state index is 5.69. The highest BCUT2D eigenvalue weighted by Gasteiger charge is 2.09. The Hall–Kier alpha value is -1.69. The van der Waals surface area contributed by atoms with Gasteiger partial charge in [-0.3, -0.25) is 0 Å². The molecule has 0 fully saturated rings. The van der Waals surface area contributed by atoms with E-state index in [-0.39, 0.29) is 0 Å². The molecule has 6 heteroatoms. The fraction of sp³-hybridized carbons (Fsp3) is 0.273. The molecule has 0 unspecified atom stereocenters. The van der Waals surface area contributed by atoms with Crippen molar-refractivity contribution in [3.8, 4) is 5.75 Å². The number of methoxy groups -OCH3 is 1. The molecule has 0 spiro atoms. The van der Waals surface area contributed by atoms with E-state index in [1.165, 1.54) is 0 Å². The number of hydrogen-bond acceptors (Lipinski definition) is 6. The highest BCUT2D eigenvalue weighted by Crippen LogP contribution is 2.33. The van der Waals surface area contributed by atoms with Crippen LogP contribution in [0, 0.1) is 6.92 Å². The standard InChI is InChI=1S/C11H13N3O2S/c1-7-9(14-16-13-7)6-17-11-4-3-8(12)5-10(11)15-2/h3-5H,6,12H2,1-2H3. The molecule has 0 aliphatic heterocycles. The largest absolute Gasteiger partial charge is 0.496 e. The van der Waals surface area contributed by atoms with Gasteiger partial charge in [-0.2, -0.15) is 0 Å². The molecule has 0 bridgehead atoms. The molecule has 0 saturated carbocycles. The average Bonchev–Trinajstić information content (AvgIpc) is 2.73. The van der Waals surface area contributed by atoms with Gasteiger partial charge in [0.25, 0.3) is 0 Å². The Morgan fingerprint density at radius 3 is 2.88 bits per heavy atom. The molecule has 2 rings (SSSR count). The summed E-state index contributed by atoms with van der Waals surface area (Å²) in [4.78, 5) is 1.02. The number of nitrogens with zero attached hydrogens (tertiary/aromatic N) is 2. The van der Waals surface area contributed by atoms with Crippen molar-refractivity contribution in [2.45, 2.75) is 17.6 Å². The van der Waals surface area contributed by atoms with E-state index in [2.05, 4.69) is 14.9 Å². The number of rotatable bonds is 4.